The third-order valence-corrected chi connectivity index (χ3v) is 18.2. The van der Waals surface area contributed by atoms with Crippen molar-refractivity contribution in [1.29, 1.82) is 0 Å². The Morgan fingerprint density at radius 3 is 2.34 bits per heavy atom. The number of halogens is 2. The molecule has 4 aliphatic rings. The Kier molecular flexibility index (Phi) is 10.6. The van der Waals surface area contributed by atoms with Gasteiger partial charge in [-0.1, -0.05) is 18.1 Å². The molecule has 6 heterocycles. The van der Waals surface area contributed by atoms with Gasteiger partial charge in [-0.2, -0.15) is 5.10 Å². The standard InChI is InChI=1S/C51H56F2N10O6S/c1-27-21-34(22-28(2)42(27)52)63-45(61-19-18-60(49(61)66)38-13-14-40(44(54-7)43(38)53)70(67,55-8)35-10-11-35)41-30(4)59(17-15-36(41)57-63)46(64)39-24-33-23-31(32-16-20-68-50(5,6)26-32)9-12-37(33)62(39)51(25-29(51)3)47-56-48(65)69-58-47/h9,12-14,18-19,21-24,29-30,32,35,54H,10-11,15-17,20,25-26H2,1-8H3,(H,56,58,65)/t29-,30-,32-,51-,70+/m0/s1. The van der Waals surface area contributed by atoms with Crippen molar-refractivity contribution in [2.24, 2.45) is 10.3 Å². The van der Waals surface area contributed by atoms with Crippen molar-refractivity contribution in [2.75, 3.05) is 32.6 Å². The van der Waals surface area contributed by atoms with E-state index in [0.717, 1.165) is 42.1 Å². The fraction of sp³-hybridized carbons (Fsp3) is 0.431. The summed E-state index contributed by atoms with van der Waals surface area (Å²) in [6, 6.07) is 13.9. The predicted octanol–water partition coefficient (Wildman–Crippen LogP) is 8.22. The number of aromatic amines is 1. The van der Waals surface area contributed by atoms with E-state index in [4.69, 9.17) is 14.4 Å². The van der Waals surface area contributed by atoms with Gasteiger partial charge in [-0.25, -0.2) is 31.6 Å². The highest BCUT2D eigenvalue weighted by molar-refractivity contribution is 7.94. The van der Waals surface area contributed by atoms with Gasteiger partial charge in [0.15, 0.2) is 11.6 Å². The molecule has 4 aromatic heterocycles. The number of imidazole rings is 1. The van der Waals surface area contributed by atoms with E-state index >= 15 is 13.6 Å². The second-order valence-electron chi connectivity index (χ2n) is 20.2. The number of hydrogen-bond donors (Lipinski definition) is 2. The lowest BCUT2D eigenvalue weighted by Gasteiger charge is -2.35. The molecule has 2 saturated carbocycles. The van der Waals surface area contributed by atoms with E-state index in [0.29, 0.717) is 64.9 Å². The Labute approximate surface area is 402 Å². The summed E-state index contributed by atoms with van der Waals surface area (Å²) in [5.41, 5.74) is 2.95. The molecule has 0 unspecified atom stereocenters. The summed E-state index contributed by atoms with van der Waals surface area (Å²) < 4.78 is 67.6. The molecule has 11 rings (SSSR count). The maximum absolute atomic E-state index is 16.8. The van der Waals surface area contributed by atoms with Crippen molar-refractivity contribution in [2.45, 2.75) is 113 Å². The molecule has 19 heteroatoms. The first-order chi connectivity index (χ1) is 33.4. The first-order valence-corrected chi connectivity index (χ1v) is 25.5. The second kappa shape index (κ2) is 16.2. The van der Waals surface area contributed by atoms with Gasteiger partial charge in [0.2, 0.25) is 0 Å². The van der Waals surface area contributed by atoms with Gasteiger partial charge in [-0.3, -0.25) is 23.4 Å². The lowest BCUT2D eigenvalue weighted by molar-refractivity contribution is -0.0592. The molecule has 366 valence electrons. The molecule has 0 spiro atoms. The normalized spacial score (nSPS) is 22.8. The Hall–Kier alpha value is -6.60. The molecule has 3 fully saturated rings. The number of rotatable bonds is 10. The van der Waals surface area contributed by atoms with E-state index in [9.17, 15) is 13.8 Å². The van der Waals surface area contributed by atoms with Crippen molar-refractivity contribution in [3.8, 4) is 17.2 Å². The van der Waals surface area contributed by atoms with Gasteiger partial charge in [0.25, 0.3) is 5.91 Å². The summed E-state index contributed by atoms with van der Waals surface area (Å²) in [4.78, 5) is 47.8. The molecule has 2 N–H and O–H groups in total. The summed E-state index contributed by atoms with van der Waals surface area (Å²) >= 11 is 0. The highest BCUT2D eigenvalue weighted by atomic mass is 32.2. The molecule has 1 saturated heterocycles. The maximum Gasteiger partial charge on any atom is 0.438 e. The van der Waals surface area contributed by atoms with Crippen LogP contribution in [0.15, 0.2) is 84.3 Å². The van der Waals surface area contributed by atoms with Crippen LogP contribution in [0.4, 0.5) is 14.5 Å². The summed E-state index contributed by atoms with van der Waals surface area (Å²) in [7, 11) is 0.102. The van der Waals surface area contributed by atoms with Crippen molar-refractivity contribution in [1.82, 2.24) is 38.5 Å². The number of nitrogens with zero attached hydrogens (tertiary/aromatic N) is 8. The SMILES string of the molecule is CN=[S@](=O)(c1ccc(-n2ccn(-c3c4c(nn3-c3cc(C)c(F)c(C)c3)CCN(C(=O)c3cc5cc([C@H]6CCOC(C)(C)C6)ccc5n3[C@@]3(c5noc(=O)[nH]5)C[C@@H]3C)[C@H]4C)c2=O)c(F)c1NC)C1CC1. The lowest BCUT2D eigenvalue weighted by Crippen LogP contribution is -2.41. The predicted molar refractivity (Wildman–Crippen MR) is 260 cm³/mol. The van der Waals surface area contributed by atoms with Gasteiger partial charge in [0, 0.05) is 67.8 Å². The monoisotopic (exact) mass is 974 g/mol. The molecule has 5 atom stereocenters. The number of aromatic nitrogens is 7. The number of amides is 1. The molecule has 7 aromatic rings. The Balaban J connectivity index is 1.05. The van der Waals surface area contributed by atoms with E-state index < -0.39 is 38.6 Å². The zero-order chi connectivity index (χ0) is 49.3. The highest BCUT2D eigenvalue weighted by Gasteiger charge is 2.59. The van der Waals surface area contributed by atoms with Crippen LogP contribution in [0.1, 0.15) is 116 Å². The van der Waals surface area contributed by atoms with E-state index in [1.165, 1.54) is 34.6 Å². The summed E-state index contributed by atoms with van der Waals surface area (Å²) in [5.74, 6) is -1.23. The first-order valence-electron chi connectivity index (χ1n) is 23.9. The molecule has 2 aliphatic heterocycles. The van der Waals surface area contributed by atoms with Gasteiger partial charge in [0.05, 0.1) is 49.0 Å². The van der Waals surface area contributed by atoms with E-state index in [1.54, 1.807) is 48.7 Å². The number of nitrogens with one attached hydrogen (secondary N) is 2. The smallest absolute Gasteiger partial charge is 0.385 e. The van der Waals surface area contributed by atoms with Crippen molar-refractivity contribution in [3.63, 3.8) is 0 Å². The van der Waals surface area contributed by atoms with Gasteiger partial charge in [-0.15, -0.1) is 0 Å². The van der Waals surface area contributed by atoms with Crippen LogP contribution in [-0.4, -0.2) is 86.7 Å². The quantitative estimate of drug-likeness (QED) is 0.137. The zero-order valence-corrected chi connectivity index (χ0v) is 41.2. The third kappa shape index (κ3) is 6.96. The Morgan fingerprint density at radius 2 is 1.70 bits per heavy atom. The first kappa shape index (κ1) is 45.8. The van der Waals surface area contributed by atoms with Crippen LogP contribution in [-0.2, 0) is 26.4 Å². The van der Waals surface area contributed by atoms with Crippen LogP contribution >= 0.6 is 0 Å². The molecule has 0 bridgehead atoms. The molecule has 16 nitrogen and oxygen atoms in total. The lowest BCUT2D eigenvalue weighted by atomic mass is 9.83. The maximum atomic E-state index is 16.8. The van der Waals surface area contributed by atoms with Crippen molar-refractivity contribution in [3.05, 3.63) is 133 Å². The second-order valence-corrected chi connectivity index (χ2v) is 22.8. The van der Waals surface area contributed by atoms with E-state index in [1.807, 2.05) is 17.6 Å². The van der Waals surface area contributed by atoms with Crippen molar-refractivity contribution < 1.29 is 27.0 Å². The highest BCUT2D eigenvalue weighted by Crippen LogP contribution is 2.56. The summed E-state index contributed by atoms with van der Waals surface area (Å²) in [6.45, 7) is 12.4. The molecular formula is C51H56F2N10O6S. The molecule has 0 radical (unpaired) electrons. The average molecular weight is 975 g/mol. The minimum Gasteiger partial charge on any atom is -0.385 e. The number of aryl methyl sites for hydroxylation is 2. The topological polar surface area (TPSA) is 180 Å². The largest absolute Gasteiger partial charge is 0.438 e. The minimum absolute atomic E-state index is 0.000520. The van der Waals surface area contributed by atoms with Gasteiger partial charge in [-0.05, 0) is 138 Å². The average Bonchev–Trinajstić information content (AvgIpc) is 4.07. The van der Waals surface area contributed by atoms with E-state index in [2.05, 4.69) is 58.8 Å². The summed E-state index contributed by atoms with van der Waals surface area (Å²) in [6.07, 6.45) is 7.05. The van der Waals surface area contributed by atoms with Crippen LogP contribution in [0.3, 0.4) is 0 Å². The third-order valence-electron chi connectivity index (χ3n) is 15.3. The molecule has 3 aromatic carbocycles. The van der Waals surface area contributed by atoms with Crippen LogP contribution in [0.25, 0.3) is 28.1 Å². The Bertz CT molecular complexity index is 3540. The molecule has 1 amide bonds. The molecular weight excluding hydrogens is 919 g/mol. The molecule has 70 heavy (non-hydrogen) atoms. The number of fused-ring (bicyclic) bond motifs is 2. The van der Waals surface area contributed by atoms with Crippen LogP contribution < -0.4 is 16.8 Å². The van der Waals surface area contributed by atoms with Crippen molar-refractivity contribution >= 4 is 32.2 Å². The van der Waals surface area contributed by atoms with Gasteiger partial charge >= 0.3 is 11.4 Å². The van der Waals surface area contributed by atoms with Crippen LogP contribution in [0, 0.1) is 31.4 Å². The number of carbonyl (C=O) groups excluding carboxylic acids is 1. The number of hydrogen-bond acceptors (Lipinski definition) is 10. The zero-order valence-electron chi connectivity index (χ0n) is 40.4. The summed E-state index contributed by atoms with van der Waals surface area (Å²) in [5, 5.41) is 12.8. The van der Waals surface area contributed by atoms with Gasteiger partial charge < -0.3 is 19.5 Å². The fourth-order valence-corrected chi connectivity index (χ4v) is 13.8. The number of carbonyl (C=O) groups is 1. The Morgan fingerprint density at radius 1 is 0.971 bits per heavy atom. The number of ether oxygens (including phenoxy) is 1. The molecule has 2 aliphatic carbocycles. The number of anilines is 1. The number of benzene rings is 3. The van der Waals surface area contributed by atoms with Crippen LogP contribution in [0.2, 0.25) is 0 Å². The van der Waals surface area contributed by atoms with Crippen LogP contribution in [0.5, 0.6) is 0 Å². The minimum atomic E-state index is -2.92. The fourth-order valence-electron chi connectivity index (χ4n) is 11.4. The van der Waals surface area contributed by atoms with E-state index in [-0.39, 0.29) is 57.2 Å². The number of H-pyrrole nitrogens is 1. The van der Waals surface area contributed by atoms with Gasteiger partial charge in [0.1, 0.15) is 22.9 Å².